The van der Waals surface area contributed by atoms with Crippen molar-refractivity contribution in [2.75, 3.05) is 11.1 Å². The first-order valence-corrected chi connectivity index (χ1v) is 6.18. The molecule has 0 amide bonds. The number of fused-ring (bicyclic) bond motifs is 1. The van der Waals surface area contributed by atoms with Crippen LogP contribution in [0.25, 0.3) is 11.0 Å². The van der Waals surface area contributed by atoms with E-state index in [1.807, 2.05) is 30.3 Å². The van der Waals surface area contributed by atoms with Crippen LogP contribution < -0.4 is 11.1 Å². The van der Waals surface area contributed by atoms with Crippen molar-refractivity contribution in [3.05, 3.63) is 47.2 Å². The standard InChI is InChI=1S/C13H10BrN3O/c14-8-1-3-9(4-2-8)17-12-10-5-6-16-7-11(10)18-13(12)15/h1-7,17H,15H2. The molecule has 0 atom stereocenters. The molecule has 1 aromatic carbocycles. The summed E-state index contributed by atoms with van der Waals surface area (Å²) in [5.74, 6) is 0.362. The minimum atomic E-state index is 0.362. The number of halogens is 1. The van der Waals surface area contributed by atoms with E-state index in [9.17, 15) is 0 Å². The molecule has 5 heteroatoms. The van der Waals surface area contributed by atoms with Crippen LogP contribution in [0, 0.1) is 0 Å². The second-order valence-corrected chi connectivity index (χ2v) is 4.76. The number of furan rings is 1. The maximum Gasteiger partial charge on any atom is 0.215 e. The molecular weight excluding hydrogens is 294 g/mol. The van der Waals surface area contributed by atoms with Gasteiger partial charge < -0.3 is 15.5 Å². The molecule has 0 bridgehead atoms. The van der Waals surface area contributed by atoms with Gasteiger partial charge in [0.2, 0.25) is 5.88 Å². The maximum atomic E-state index is 5.86. The van der Waals surface area contributed by atoms with E-state index in [1.165, 1.54) is 0 Å². The molecule has 0 radical (unpaired) electrons. The Labute approximate surface area is 112 Å². The number of nitrogens with two attached hydrogens (primary N) is 1. The van der Waals surface area contributed by atoms with Crippen molar-refractivity contribution in [2.45, 2.75) is 0 Å². The number of aromatic nitrogens is 1. The molecule has 2 heterocycles. The molecule has 90 valence electrons. The summed E-state index contributed by atoms with van der Waals surface area (Å²) in [6, 6.07) is 9.72. The van der Waals surface area contributed by atoms with E-state index >= 15 is 0 Å². The van der Waals surface area contributed by atoms with E-state index in [2.05, 4.69) is 26.2 Å². The highest BCUT2D eigenvalue weighted by atomic mass is 79.9. The van der Waals surface area contributed by atoms with Gasteiger partial charge in [0.15, 0.2) is 5.58 Å². The molecule has 0 spiro atoms. The molecule has 0 aliphatic rings. The summed E-state index contributed by atoms with van der Waals surface area (Å²) in [6.45, 7) is 0. The summed E-state index contributed by atoms with van der Waals surface area (Å²) >= 11 is 3.40. The van der Waals surface area contributed by atoms with Crippen LogP contribution in [0.2, 0.25) is 0 Å². The number of hydrogen-bond acceptors (Lipinski definition) is 4. The molecule has 0 unspecified atom stereocenters. The molecule has 0 saturated heterocycles. The van der Waals surface area contributed by atoms with Gasteiger partial charge in [-0.3, -0.25) is 4.98 Å². The summed E-state index contributed by atoms with van der Waals surface area (Å²) in [5.41, 5.74) is 8.26. The summed E-state index contributed by atoms with van der Waals surface area (Å²) < 4.78 is 6.47. The fourth-order valence-electron chi connectivity index (χ4n) is 1.78. The van der Waals surface area contributed by atoms with Crippen LogP contribution in [0.3, 0.4) is 0 Å². The van der Waals surface area contributed by atoms with Crippen molar-refractivity contribution in [2.24, 2.45) is 0 Å². The highest BCUT2D eigenvalue weighted by Gasteiger charge is 2.11. The topological polar surface area (TPSA) is 64.1 Å². The minimum absolute atomic E-state index is 0.362. The normalized spacial score (nSPS) is 10.7. The van der Waals surface area contributed by atoms with E-state index in [0.717, 1.165) is 21.2 Å². The minimum Gasteiger partial charge on any atom is -0.437 e. The van der Waals surface area contributed by atoms with E-state index in [-0.39, 0.29) is 0 Å². The zero-order valence-corrected chi connectivity index (χ0v) is 10.9. The monoisotopic (exact) mass is 303 g/mol. The Morgan fingerprint density at radius 3 is 2.72 bits per heavy atom. The summed E-state index contributed by atoms with van der Waals surface area (Å²) in [6.07, 6.45) is 3.36. The average molecular weight is 304 g/mol. The molecule has 3 N–H and O–H groups in total. The van der Waals surface area contributed by atoms with Crippen LogP contribution in [0.1, 0.15) is 0 Å². The summed E-state index contributed by atoms with van der Waals surface area (Å²) in [5, 5.41) is 4.18. The Hall–Kier alpha value is -2.01. The lowest BCUT2D eigenvalue weighted by molar-refractivity contribution is 0.636. The number of nitrogens with one attached hydrogen (secondary N) is 1. The lowest BCUT2D eigenvalue weighted by atomic mass is 10.2. The molecule has 3 aromatic rings. The SMILES string of the molecule is Nc1oc2cnccc2c1Nc1ccc(Br)cc1. The van der Waals surface area contributed by atoms with Crippen LogP contribution in [0.4, 0.5) is 17.3 Å². The Bertz CT molecular complexity index is 691. The third kappa shape index (κ3) is 1.93. The highest BCUT2D eigenvalue weighted by molar-refractivity contribution is 9.10. The molecule has 3 rings (SSSR count). The van der Waals surface area contributed by atoms with Gasteiger partial charge in [-0.2, -0.15) is 0 Å². The van der Waals surface area contributed by atoms with Gasteiger partial charge >= 0.3 is 0 Å². The van der Waals surface area contributed by atoms with Gasteiger partial charge in [0.05, 0.1) is 6.20 Å². The number of nitrogen functional groups attached to an aromatic ring is 1. The van der Waals surface area contributed by atoms with E-state index in [0.29, 0.717) is 11.5 Å². The third-order valence-corrected chi connectivity index (χ3v) is 3.16. The largest absolute Gasteiger partial charge is 0.437 e. The second kappa shape index (κ2) is 4.34. The second-order valence-electron chi connectivity index (χ2n) is 3.85. The lowest BCUT2D eigenvalue weighted by Gasteiger charge is -2.05. The van der Waals surface area contributed by atoms with Crippen molar-refractivity contribution in [3.8, 4) is 0 Å². The number of benzene rings is 1. The van der Waals surface area contributed by atoms with Crippen LogP contribution in [-0.2, 0) is 0 Å². The van der Waals surface area contributed by atoms with Crippen molar-refractivity contribution in [1.82, 2.24) is 4.98 Å². The van der Waals surface area contributed by atoms with Gasteiger partial charge in [-0.1, -0.05) is 15.9 Å². The van der Waals surface area contributed by atoms with E-state index in [1.54, 1.807) is 12.4 Å². The average Bonchev–Trinajstić information content (AvgIpc) is 2.69. The maximum absolute atomic E-state index is 5.86. The molecule has 2 aromatic heterocycles. The first-order valence-electron chi connectivity index (χ1n) is 5.38. The fourth-order valence-corrected chi connectivity index (χ4v) is 2.04. The van der Waals surface area contributed by atoms with Crippen molar-refractivity contribution in [3.63, 3.8) is 0 Å². The lowest BCUT2D eigenvalue weighted by Crippen LogP contribution is -1.93. The fraction of sp³-hybridized carbons (Fsp3) is 0. The van der Waals surface area contributed by atoms with Crippen LogP contribution >= 0.6 is 15.9 Å². The van der Waals surface area contributed by atoms with E-state index < -0.39 is 0 Å². The molecule has 0 aliphatic carbocycles. The Morgan fingerprint density at radius 1 is 1.17 bits per heavy atom. The number of nitrogens with zero attached hydrogens (tertiary/aromatic N) is 1. The Kier molecular flexibility index (Phi) is 2.68. The smallest absolute Gasteiger partial charge is 0.215 e. The van der Waals surface area contributed by atoms with Gasteiger partial charge in [0, 0.05) is 21.7 Å². The summed E-state index contributed by atoms with van der Waals surface area (Å²) in [7, 11) is 0. The third-order valence-electron chi connectivity index (χ3n) is 2.63. The zero-order chi connectivity index (χ0) is 12.5. The molecule has 0 aliphatic heterocycles. The summed E-state index contributed by atoms with van der Waals surface area (Å²) in [4.78, 5) is 4.00. The van der Waals surface area contributed by atoms with Crippen LogP contribution in [0.15, 0.2) is 51.6 Å². The van der Waals surface area contributed by atoms with Gasteiger partial charge in [0.1, 0.15) is 5.69 Å². The number of rotatable bonds is 2. The van der Waals surface area contributed by atoms with Gasteiger partial charge in [-0.05, 0) is 30.3 Å². The predicted octanol–water partition coefficient (Wildman–Crippen LogP) is 3.92. The van der Waals surface area contributed by atoms with Gasteiger partial charge in [0.25, 0.3) is 0 Å². The van der Waals surface area contributed by atoms with Gasteiger partial charge in [-0.25, -0.2) is 0 Å². The quantitative estimate of drug-likeness (QED) is 0.753. The first-order chi connectivity index (χ1) is 8.74. The van der Waals surface area contributed by atoms with Crippen molar-refractivity contribution < 1.29 is 4.42 Å². The number of pyridine rings is 1. The van der Waals surface area contributed by atoms with Crippen molar-refractivity contribution >= 4 is 44.2 Å². The molecule has 0 fully saturated rings. The first kappa shape index (κ1) is 11.1. The molecule has 0 saturated carbocycles. The zero-order valence-electron chi connectivity index (χ0n) is 9.35. The van der Waals surface area contributed by atoms with Gasteiger partial charge in [-0.15, -0.1) is 0 Å². The van der Waals surface area contributed by atoms with Crippen LogP contribution in [0.5, 0.6) is 0 Å². The van der Waals surface area contributed by atoms with E-state index in [4.69, 9.17) is 10.2 Å². The highest BCUT2D eigenvalue weighted by Crippen LogP contribution is 2.34. The molecule has 18 heavy (non-hydrogen) atoms. The Balaban J connectivity index is 2.04. The molecular formula is C13H10BrN3O. The predicted molar refractivity (Wildman–Crippen MR) is 75.8 cm³/mol. The number of hydrogen-bond donors (Lipinski definition) is 2. The van der Waals surface area contributed by atoms with Crippen LogP contribution in [-0.4, -0.2) is 4.98 Å². The Morgan fingerprint density at radius 2 is 1.94 bits per heavy atom. The molecule has 4 nitrogen and oxygen atoms in total. The number of anilines is 3. The van der Waals surface area contributed by atoms with Crippen molar-refractivity contribution in [1.29, 1.82) is 0 Å².